The Balaban J connectivity index is 3.68. The van der Waals surface area contributed by atoms with Gasteiger partial charge in [0.25, 0.3) is 0 Å². The quantitative estimate of drug-likeness (QED) is 0.642. The van der Waals surface area contributed by atoms with Gasteiger partial charge in [-0.25, -0.2) is 0 Å². The van der Waals surface area contributed by atoms with Crippen molar-refractivity contribution in [3.63, 3.8) is 0 Å². The first-order valence-electron chi connectivity index (χ1n) is 4.47. The van der Waals surface area contributed by atoms with Crippen molar-refractivity contribution in [1.82, 2.24) is 5.32 Å². The van der Waals surface area contributed by atoms with Crippen LogP contribution in [-0.2, 0) is 4.79 Å². The number of rotatable bonds is 4. The number of carbonyl (C=O) groups is 1. The third-order valence-corrected chi connectivity index (χ3v) is 1.90. The van der Waals surface area contributed by atoms with Crippen molar-refractivity contribution in [2.24, 2.45) is 5.92 Å². The molecular weight excluding hydrogens is 150 g/mol. The van der Waals surface area contributed by atoms with Crippen LogP contribution in [0.1, 0.15) is 34.1 Å². The average molecular weight is 169 g/mol. The zero-order chi connectivity index (χ0) is 9.56. The van der Waals surface area contributed by atoms with Gasteiger partial charge < -0.3 is 5.32 Å². The van der Waals surface area contributed by atoms with E-state index in [0.29, 0.717) is 5.92 Å². The van der Waals surface area contributed by atoms with Crippen molar-refractivity contribution in [2.75, 3.05) is 6.54 Å². The minimum Gasteiger partial charge on any atom is -0.356 e. The van der Waals surface area contributed by atoms with Gasteiger partial charge >= 0.3 is 0 Å². The topological polar surface area (TPSA) is 29.1 Å². The summed E-state index contributed by atoms with van der Waals surface area (Å²) in [6.07, 6.45) is 3.10. The molecule has 0 saturated carbocycles. The van der Waals surface area contributed by atoms with Gasteiger partial charge in [-0.2, -0.15) is 0 Å². The lowest BCUT2D eigenvalue weighted by Gasteiger charge is -2.10. The Morgan fingerprint density at radius 2 is 2.08 bits per heavy atom. The van der Waals surface area contributed by atoms with Crippen molar-refractivity contribution >= 4 is 5.91 Å². The summed E-state index contributed by atoms with van der Waals surface area (Å²) in [6.45, 7) is 8.69. The lowest BCUT2D eigenvalue weighted by molar-refractivity contribution is -0.118. The predicted molar refractivity (Wildman–Crippen MR) is 51.9 cm³/mol. The number of nitrogens with one attached hydrogen (secondary N) is 1. The van der Waals surface area contributed by atoms with Crippen LogP contribution in [0.3, 0.4) is 0 Å². The van der Waals surface area contributed by atoms with E-state index >= 15 is 0 Å². The third kappa shape index (κ3) is 4.94. The highest BCUT2D eigenvalue weighted by molar-refractivity contribution is 5.72. The van der Waals surface area contributed by atoms with E-state index in [2.05, 4.69) is 25.2 Å². The van der Waals surface area contributed by atoms with E-state index in [1.165, 1.54) is 5.57 Å². The number of allylic oxidation sites excluding steroid dienone is 1. The molecule has 0 rings (SSSR count). The molecule has 12 heavy (non-hydrogen) atoms. The van der Waals surface area contributed by atoms with Crippen molar-refractivity contribution in [2.45, 2.75) is 34.1 Å². The molecule has 0 aromatic heterocycles. The van der Waals surface area contributed by atoms with Gasteiger partial charge in [-0.3, -0.25) is 4.79 Å². The molecule has 1 N–H and O–H groups in total. The number of hydrogen-bond acceptors (Lipinski definition) is 1. The Morgan fingerprint density at radius 1 is 1.50 bits per heavy atom. The van der Waals surface area contributed by atoms with Crippen molar-refractivity contribution in [1.29, 1.82) is 0 Å². The first kappa shape index (κ1) is 11.2. The maximum atomic E-state index is 10.6. The van der Waals surface area contributed by atoms with Crippen LogP contribution in [0.2, 0.25) is 0 Å². The number of hydrogen-bond donors (Lipinski definition) is 1. The van der Waals surface area contributed by atoms with Gasteiger partial charge in [0.05, 0.1) is 0 Å². The molecule has 0 aromatic carbocycles. The second kappa shape index (κ2) is 5.81. The Hall–Kier alpha value is -0.790. The van der Waals surface area contributed by atoms with Crippen LogP contribution >= 0.6 is 0 Å². The Labute approximate surface area is 75.0 Å². The highest BCUT2D eigenvalue weighted by atomic mass is 16.1. The van der Waals surface area contributed by atoms with Gasteiger partial charge in [-0.15, -0.1) is 0 Å². The van der Waals surface area contributed by atoms with Crippen LogP contribution in [0.15, 0.2) is 11.6 Å². The van der Waals surface area contributed by atoms with Crippen LogP contribution in [-0.4, -0.2) is 12.5 Å². The molecule has 70 valence electrons. The van der Waals surface area contributed by atoms with Crippen LogP contribution < -0.4 is 5.32 Å². The van der Waals surface area contributed by atoms with Crippen molar-refractivity contribution in [3.8, 4) is 0 Å². The first-order valence-corrected chi connectivity index (χ1v) is 4.47. The molecule has 0 aliphatic heterocycles. The van der Waals surface area contributed by atoms with Crippen molar-refractivity contribution < 1.29 is 4.79 Å². The highest BCUT2D eigenvalue weighted by Crippen LogP contribution is 2.12. The van der Waals surface area contributed by atoms with Crippen LogP contribution in [0.25, 0.3) is 0 Å². The van der Waals surface area contributed by atoms with E-state index < -0.39 is 0 Å². The number of amides is 1. The summed E-state index contributed by atoms with van der Waals surface area (Å²) in [5.74, 6) is 0.637. The summed E-state index contributed by atoms with van der Waals surface area (Å²) >= 11 is 0. The molecule has 0 bridgehead atoms. The molecule has 0 radical (unpaired) electrons. The minimum atomic E-state index is 0.0502. The van der Waals surface area contributed by atoms with E-state index in [4.69, 9.17) is 0 Å². The Morgan fingerprint density at radius 3 is 2.42 bits per heavy atom. The fourth-order valence-electron chi connectivity index (χ4n) is 1.15. The molecule has 0 spiro atoms. The summed E-state index contributed by atoms with van der Waals surface area (Å²) in [5, 5.41) is 2.79. The van der Waals surface area contributed by atoms with E-state index in [9.17, 15) is 4.79 Å². The summed E-state index contributed by atoms with van der Waals surface area (Å²) < 4.78 is 0. The monoisotopic (exact) mass is 169 g/mol. The summed E-state index contributed by atoms with van der Waals surface area (Å²) in [4.78, 5) is 10.6. The predicted octanol–water partition coefficient (Wildman–Crippen LogP) is 2.11. The van der Waals surface area contributed by atoms with Gasteiger partial charge in [0.1, 0.15) is 0 Å². The molecule has 2 heteroatoms. The smallest absolute Gasteiger partial charge is 0.216 e. The molecule has 1 amide bonds. The molecule has 0 heterocycles. The molecule has 0 fully saturated rings. The zero-order valence-corrected chi connectivity index (χ0v) is 8.48. The third-order valence-electron chi connectivity index (χ3n) is 1.90. The molecule has 0 atom stereocenters. The van der Waals surface area contributed by atoms with E-state index in [1.807, 2.05) is 6.92 Å². The van der Waals surface area contributed by atoms with E-state index in [0.717, 1.165) is 13.0 Å². The van der Waals surface area contributed by atoms with Crippen molar-refractivity contribution in [3.05, 3.63) is 11.6 Å². The van der Waals surface area contributed by atoms with Crippen LogP contribution in [0.4, 0.5) is 0 Å². The lowest BCUT2D eigenvalue weighted by atomic mass is 10.00. The Kier molecular flexibility index (Phi) is 5.43. The number of carbonyl (C=O) groups excluding carboxylic acids is 1. The second-order valence-electron chi connectivity index (χ2n) is 3.25. The fraction of sp³-hybridized carbons (Fsp3) is 0.700. The first-order chi connectivity index (χ1) is 5.57. The molecular formula is C10H19NO. The minimum absolute atomic E-state index is 0.0502. The summed E-state index contributed by atoms with van der Waals surface area (Å²) in [7, 11) is 0. The molecule has 0 aromatic rings. The SMILES string of the molecule is C/C=C(\CCNC(C)=O)C(C)C. The molecule has 0 aliphatic carbocycles. The standard InChI is InChI=1S/C10H19NO/c1-5-10(8(2)3)6-7-11-9(4)12/h5,8H,6-7H2,1-4H3,(H,11,12)/b10-5+. The van der Waals surface area contributed by atoms with Gasteiger partial charge in [0.2, 0.25) is 5.91 Å². The fourth-order valence-corrected chi connectivity index (χ4v) is 1.15. The van der Waals surface area contributed by atoms with Gasteiger partial charge in [-0.1, -0.05) is 25.5 Å². The second-order valence-corrected chi connectivity index (χ2v) is 3.25. The van der Waals surface area contributed by atoms with E-state index in [-0.39, 0.29) is 5.91 Å². The molecule has 0 saturated heterocycles. The maximum Gasteiger partial charge on any atom is 0.216 e. The maximum absolute atomic E-state index is 10.6. The molecule has 0 unspecified atom stereocenters. The Bertz CT molecular complexity index is 171. The van der Waals surface area contributed by atoms with E-state index in [1.54, 1.807) is 6.92 Å². The lowest BCUT2D eigenvalue weighted by Crippen LogP contribution is -2.21. The molecule has 0 aliphatic rings. The van der Waals surface area contributed by atoms with Gasteiger partial charge in [-0.05, 0) is 19.3 Å². The van der Waals surface area contributed by atoms with Gasteiger partial charge in [0.15, 0.2) is 0 Å². The summed E-state index contributed by atoms with van der Waals surface area (Å²) in [6, 6.07) is 0. The highest BCUT2D eigenvalue weighted by Gasteiger charge is 2.01. The van der Waals surface area contributed by atoms with Crippen LogP contribution in [0.5, 0.6) is 0 Å². The van der Waals surface area contributed by atoms with Crippen LogP contribution in [0, 0.1) is 5.92 Å². The van der Waals surface area contributed by atoms with Gasteiger partial charge in [0, 0.05) is 13.5 Å². The largest absolute Gasteiger partial charge is 0.356 e. The average Bonchev–Trinajstić information content (AvgIpc) is 1.96. The summed E-state index contributed by atoms with van der Waals surface area (Å²) in [5.41, 5.74) is 1.41. The molecule has 2 nitrogen and oxygen atoms in total. The normalized spacial score (nSPS) is 11.9. The zero-order valence-electron chi connectivity index (χ0n) is 8.48.